The normalized spacial score (nSPS) is 18.5. The van der Waals surface area contributed by atoms with Gasteiger partial charge in [-0.25, -0.2) is 0 Å². The van der Waals surface area contributed by atoms with Gasteiger partial charge in [-0.2, -0.15) is 5.10 Å². The zero-order valence-electron chi connectivity index (χ0n) is 10.6. The maximum absolute atomic E-state index is 11.1. The molecule has 1 aliphatic carbocycles. The number of methoxy groups -OCH3 is 1. The van der Waals surface area contributed by atoms with Gasteiger partial charge < -0.3 is 4.74 Å². The van der Waals surface area contributed by atoms with Crippen molar-refractivity contribution in [3.05, 3.63) is 17.5 Å². The number of rotatable bonds is 5. The third-order valence-corrected chi connectivity index (χ3v) is 3.50. The predicted octanol–water partition coefficient (Wildman–Crippen LogP) is 2.56. The van der Waals surface area contributed by atoms with E-state index in [-0.39, 0.29) is 5.92 Å². The Labute approximate surface area is 102 Å². The van der Waals surface area contributed by atoms with E-state index in [9.17, 15) is 4.79 Å². The largest absolute Gasteiger partial charge is 0.384 e. The second-order valence-electron chi connectivity index (χ2n) is 4.86. The van der Waals surface area contributed by atoms with Crippen LogP contribution in [0.3, 0.4) is 0 Å². The second-order valence-corrected chi connectivity index (χ2v) is 4.86. The van der Waals surface area contributed by atoms with Crippen LogP contribution in [-0.4, -0.2) is 29.8 Å². The molecular formula is C13H20N2O2. The van der Waals surface area contributed by atoms with E-state index in [4.69, 9.17) is 4.74 Å². The van der Waals surface area contributed by atoms with Crippen LogP contribution in [0, 0.1) is 0 Å². The molecular weight excluding hydrogens is 216 g/mol. The topological polar surface area (TPSA) is 44.1 Å². The highest BCUT2D eigenvalue weighted by atomic mass is 16.5. The summed E-state index contributed by atoms with van der Waals surface area (Å²) in [6, 6.07) is 0.484. The highest BCUT2D eigenvalue weighted by Crippen LogP contribution is 2.30. The SMILES string of the molecule is COCC(C)c1nn(C2CCCC2)cc1C=O. The molecule has 0 bridgehead atoms. The van der Waals surface area contributed by atoms with Gasteiger partial charge in [0.25, 0.3) is 0 Å². The fourth-order valence-electron chi connectivity index (χ4n) is 2.58. The number of hydrogen-bond donors (Lipinski definition) is 0. The van der Waals surface area contributed by atoms with Gasteiger partial charge in [0, 0.05) is 19.2 Å². The second kappa shape index (κ2) is 5.45. The monoisotopic (exact) mass is 236 g/mol. The Hall–Kier alpha value is -1.16. The summed E-state index contributed by atoms with van der Waals surface area (Å²) in [5.41, 5.74) is 1.58. The van der Waals surface area contributed by atoms with Crippen LogP contribution in [-0.2, 0) is 4.74 Å². The van der Waals surface area contributed by atoms with Crippen molar-refractivity contribution in [1.82, 2.24) is 9.78 Å². The molecule has 1 aliphatic rings. The highest BCUT2D eigenvalue weighted by molar-refractivity contribution is 5.76. The van der Waals surface area contributed by atoms with E-state index in [0.717, 1.165) is 12.0 Å². The van der Waals surface area contributed by atoms with Crippen molar-refractivity contribution in [3.8, 4) is 0 Å². The lowest BCUT2D eigenvalue weighted by Crippen LogP contribution is -2.08. The van der Waals surface area contributed by atoms with Gasteiger partial charge in [0.2, 0.25) is 0 Å². The van der Waals surface area contributed by atoms with Crippen LogP contribution in [0.25, 0.3) is 0 Å². The summed E-state index contributed by atoms with van der Waals surface area (Å²) in [7, 11) is 1.67. The lowest BCUT2D eigenvalue weighted by atomic mass is 10.1. The number of nitrogens with zero attached hydrogens (tertiary/aromatic N) is 2. The molecule has 1 heterocycles. The number of carbonyl (C=O) groups is 1. The molecule has 1 fully saturated rings. The van der Waals surface area contributed by atoms with E-state index in [1.54, 1.807) is 7.11 Å². The summed E-state index contributed by atoms with van der Waals surface area (Å²) in [6.07, 6.45) is 7.69. The Kier molecular flexibility index (Phi) is 3.94. The third kappa shape index (κ3) is 2.57. The van der Waals surface area contributed by atoms with Crippen molar-refractivity contribution in [3.63, 3.8) is 0 Å². The summed E-state index contributed by atoms with van der Waals surface area (Å²) in [5, 5.41) is 4.59. The minimum Gasteiger partial charge on any atom is -0.384 e. The van der Waals surface area contributed by atoms with Gasteiger partial charge in [-0.1, -0.05) is 19.8 Å². The van der Waals surface area contributed by atoms with Crippen LogP contribution in [0.4, 0.5) is 0 Å². The van der Waals surface area contributed by atoms with Gasteiger partial charge in [0.05, 0.1) is 23.9 Å². The van der Waals surface area contributed by atoms with Gasteiger partial charge in [0.15, 0.2) is 6.29 Å². The van der Waals surface area contributed by atoms with E-state index in [0.29, 0.717) is 18.2 Å². The average molecular weight is 236 g/mol. The van der Waals surface area contributed by atoms with Crippen molar-refractivity contribution in [2.45, 2.75) is 44.6 Å². The molecule has 1 aromatic heterocycles. The van der Waals surface area contributed by atoms with Gasteiger partial charge in [0.1, 0.15) is 0 Å². The molecule has 1 aromatic rings. The van der Waals surface area contributed by atoms with Crippen molar-refractivity contribution >= 4 is 6.29 Å². The van der Waals surface area contributed by atoms with Crippen molar-refractivity contribution < 1.29 is 9.53 Å². The van der Waals surface area contributed by atoms with E-state index >= 15 is 0 Å². The summed E-state index contributed by atoms with van der Waals surface area (Å²) >= 11 is 0. The first-order valence-corrected chi connectivity index (χ1v) is 6.29. The molecule has 0 spiro atoms. The Morgan fingerprint density at radius 3 is 2.88 bits per heavy atom. The van der Waals surface area contributed by atoms with Gasteiger partial charge in [-0.05, 0) is 12.8 Å². The number of aromatic nitrogens is 2. The molecule has 0 radical (unpaired) electrons. The molecule has 0 N–H and O–H groups in total. The minimum atomic E-state index is 0.169. The molecule has 1 unspecified atom stereocenters. The summed E-state index contributed by atoms with van der Waals surface area (Å²) < 4.78 is 7.11. The maximum atomic E-state index is 11.1. The fraction of sp³-hybridized carbons (Fsp3) is 0.692. The predicted molar refractivity (Wildman–Crippen MR) is 65.4 cm³/mol. The van der Waals surface area contributed by atoms with E-state index < -0.39 is 0 Å². The van der Waals surface area contributed by atoms with Gasteiger partial charge in [-0.15, -0.1) is 0 Å². The average Bonchev–Trinajstić information content (AvgIpc) is 2.97. The first-order chi connectivity index (χ1) is 8.26. The van der Waals surface area contributed by atoms with Crippen LogP contribution in [0.15, 0.2) is 6.20 Å². The van der Waals surface area contributed by atoms with E-state index in [1.807, 2.05) is 17.8 Å². The number of hydrogen-bond acceptors (Lipinski definition) is 3. The smallest absolute Gasteiger partial charge is 0.153 e. The lowest BCUT2D eigenvalue weighted by molar-refractivity contribution is 0.112. The number of ether oxygens (including phenoxy) is 1. The van der Waals surface area contributed by atoms with Crippen LogP contribution < -0.4 is 0 Å². The summed E-state index contributed by atoms with van der Waals surface area (Å²) in [6.45, 7) is 2.64. The first-order valence-electron chi connectivity index (χ1n) is 6.29. The Morgan fingerprint density at radius 1 is 1.59 bits per heavy atom. The molecule has 4 nitrogen and oxygen atoms in total. The maximum Gasteiger partial charge on any atom is 0.153 e. The molecule has 1 atom stereocenters. The van der Waals surface area contributed by atoms with Gasteiger partial charge >= 0.3 is 0 Å². The molecule has 1 saturated carbocycles. The quantitative estimate of drug-likeness (QED) is 0.738. The zero-order valence-corrected chi connectivity index (χ0v) is 10.6. The van der Waals surface area contributed by atoms with E-state index in [2.05, 4.69) is 5.10 Å². The Balaban J connectivity index is 2.22. The summed E-state index contributed by atoms with van der Waals surface area (Å²) in [5.74, 6) is 0.169. The third-order valence-electron chi connectivity index (χ3n) is 3.50. The lowest BCUT2D eigenvalue weighted by Gasteiger charge is -2.10. The summed E-state index contributed by atoms with van der Waals surface area (Å²) in [4.78, 5) is 11.1. The van der Waals surface area contributed by atoms with Crippen molar-refractivity contribution in [1.29, 1.82) is 0 Å². The van der Waals surface area contributed by atoms with Crippen LogP contribution >= 0.6 is 0 Å². The molecule has 4 heteroatoms. The zero-order chi connectivity index (χ0) is 12.3. The van der Waals surface area contributed by atoms with Crippen molar-refractivity contribution in [2.24, 2.45) is 0 Å². The molecule has 94 valence electrons. The van der Waals surface area contributed by atoms with Crippen LogP contribution in [0.1, 0.15) is 60.6 Å². The van der Waals surface area contributed by atoms with Crippen molar-refractivity contribution in [2.75, 3.05) is 13.7 Å². The van der Waals surface area contributed by atoms with E-state index in [1.165, 1.54) is 25.7 Å². The van der Waals surface area contributed by atoms with Crippen LogP contribution in [0.2, 0.25) is 0 Å². The van der Waals surface area contributed by atoms with Gasteiger partial charge in [-0.3, -0.25) is 9.48 Å². The fourth-order valence-corrected chi connectivity index (χ4v) is 2.58. The number of carbonyl (C=O) groups excluding carboxylic acids is 1. The molecule has 2 rings (SSSR count). The molecule has 0 aliphatic heterocycles. The highest BCUT2D eigenvalue weighted by Gasteiger charge is 2.21. The van der Waals surface area contributed by atoms with Crippen LogP contribution in [0.5, 0.6) is 0 Å². The molecule has 0 saturated heterocycles. The molecule has 0 amide bonds. The first kappa shape index (κ1) is 12.3. The Bertz CT molecular complexity index is 381. The molecule has 17 heavy (non-hydrogen) atoms. The Morgan fingerprint density at radius 2 is 2.29 bits per heavy atom. The molecule has 0 aromatic carbocycles. The standard InChI is InChI=1S/C13H20N2O2/c1-10(9-17-2)13-11(8-16)7-15(14-13)12-5-3-4-6-12/h7-8,10,12H,3-6,9H2,1-2H3. The minimum absolute atomic E-state index is 0.169. The number of aldehydes is 1.